The van der Waals surface area contributed by atoms with E-state index >= 15 is 0 Å². The fourth-order valence-electron chi connectivity index (χ4n) is 4.55. The summed E-state index contributed by atoms with van der Waals surface area (Å²) in [5.74, 6) is -0.110. The number of hydrogen-bond acceptors (Lipinski definition) is 7. The molecule has 3 heterocycles. The topological polar surface area (TPSA) is 104 Å². The molecule has 1 aliphatic heterocycles. The molecule has 9 heteroatoms. The number of pyridine rings is 1. The minimum Gasteiger partial charge on any atom is -0.496 e. The molecule has 9 nitrogen and oxygen atoms in total. The normalized spacial score (nSPS) is 16.2. The second kappa shape index (κ2) is 10.8. The van der Waals surface area contributed by atoms with Gasteiger partial charge in [-0.05, 0) is 44.4 Å². The van der Waals surface area contributed by atoms with E-state index in [4.69, 9.17) is 14.2 Å². The molecular formula is C26H32N4O5. The third-order valence-corrected chi connectivity index (χ3v) is 6.27. The monoisotopic (exact) mass is 480 g/mol. The van der Waals surface area contributed by atoms with Crippen molar-refractivity contribution in [3.63, 3.8) is 0 Å². The van der Waals surface area contributed by atoms with Gasteiger partial charge < -0.3 is 29.4 Å². The average molecular weight is 481 g/mol. The van der Waals surface area contributed by atoms with Crippen molar-refractivity contribution in [3.8, 4) is 5.75 Å². The van der Waals surface area contributed by atoms with E-state index in [9.17, 15) is 9.59 Å². The SMILES string of the molecule is CCn1c(C(=O)OC)c(NC(=O)[C@@H]2CCOC2)c2cc(N[C@H](C)Cc3ccccc3OC)cnc21. The quantitative estimate of drug-likeness (QED) is 0.448. The van der Waals surface area contributed by atoms with E-state index in [0.29, 0.717) is 42.9 Å². The van der Waals surface area contributed by atoms with Crippen molar-refractivity contribution in [3.05, 3.63) is 47.8 Å². The average Bonchev–Trinajstić information content (AvgIpc) is 3.50. The first-order chi connectivity index (χ1) is 17.0. The molecule has 2 atom stereocenters. The largest absolute Gasteiger partial charge is 0.496 e. The van der Waals surface area contributed by atoms with Crippen LogP contribution >= 0.6 is 0 Å². The van der Waals surface area contributed by atoms with Gasteiger partial charge >= 0.3 is 5.97 Å². The maximum atomic E-state index is 12.9. The number of amides is 1. The Labute approximate surface area is 204 Å². The smallest absolute Gasteiger partial charge is 0.356 e. The van der Waals surface area contributed by atoms with Gasteiger partial charge in [-0.1, -0.05) is 18.2 Å². The second-order valence-electron chi connectivity index (χ2n) is 8.67. The molecule has 1 fully saturated rings. The molecule has 0 radical (unpaired) electrons. The van der Waals surface area contributed by atoms with Crippen LogP contribution in [0.1, 0.15) is 36.3 Å². The van der Waals surface area contributed by atoms with Gasteiger partial charge in [-0.3, -0.25) is 4.79 Å². The molecule has 0 aliphatic carbocycles. The molecule has 0 saturated carbocycles. The van der Waals surface area contributed by atoms with Crippen molar-refractivity contribution < 1.29 is 23.8 Å². The van der Waals surface area contributed by atoms with Crippen LogP contribution in [0.5, 0.6) is 5.75 Å². The zero-order valence-corrected chi connectivity index (χ0v) is 20.6. The van der Waals surface area contributed by atoms with Gasteiger partial charge in [0.2, 0.25) is 5.91 Å². The summed E-state index contributed by atoms with van der Waals surface area (Å²) in [6, 6.07) is 9.92. The lowest BCUT2D eigenvalue weighted by atomic mass is 10.1. The Balaban J connectivity index is 1.67. The zero-order valence-electron chi connectivity index (χ0n) is 20.6. The lowest BCUT2D eigenvalue weighted by Crippen LogP contribution is -2.24. The summed E-state index contributed by atoms with van der Waals surface area (Å²) in [7, 11) is 3.00. The molecule has 0 bridgehead atoms. The number of carbonyl (C=O) groups is 2. The second-order valence-corrected chi connectivity index (χ2v) is 8.67. The molecule has 0 spiro atoms. The summed E-state index contributed by atoms with van der Waals surface area (Å²) in [5.41, 5.74) is 3.18. The van der Waals surface area contributed by atoms with Gasteiger partial charge in [0, 0.05) is 24.6 Å². The van der Waals surface area contributed by atoms with Crippen LogP contribution in [0.25, 0.3) is 11.0 Å². The fraction of sp³-hybridized carbons (Fsp3) is 0.423. The molecule has 4 rings (SSSR count). The molecule has 1 saturated heterocycles. The van der Waals surface area contributed by atoms with Gasteiger partial charge in [0.25, 0.3) is 0 Å². The summed E-state index contributed by atoms with van der Waals surface area (Å²) in [6.07, 6.45) is 3.14. The highest BCUT2D eigenvalue weighted by molar-refractivity contribution is 6.11. The Morgan fingerprint density at radius 3 is 2.77 bits per heavy atom. The first-order valence-electron chi connectivity index (χ1n) is 11.8. The molecule has 1 aliphatic rings. The van der Waals surface area contributed by atoms with Crippen molar-refractivity contribution in [1.82, 2.24) is 9.55 Å². The lowest BCUT2D eigenvalue weighted by Gasteiger charge is -2.17. The number of benzene rings is 1. The number of anilines is 2. The number of esters is 1. The first-order valence-corrected chi connectivity index (χ1v) is 11.8. The Hall–Kier alpha value is -3.59. The number of hydrogen-bond donors (Lipinski definition) is 2. The predicted octanol–water partition coefficient (Wildman–Crippen LogP) is 3.87. The van der Waals surface area contributed by atoms with Gasteiger partial charge in [-0.25, -0.2) is 9.78 Å². The van der Waals surface area contributed by atoms with E-state index in [2.05, 4.69) is 22.5 Å². The van der Waals surface area contributed by atoms with Crippen LogP contribution in [0.3, 0.4) is 0 Å². The number of ether oxygens (including phenoxy) is 3. The predicted molar refractivity (Wildman–Crippen MR) is 134 cm³/mol. The maximum absolute atomic E-state index is 12.9. The Bertz CT molecular complexity index is 1220. The molecular weight excluding hydrogens is 448 g/mol. The van der Waals surface area contributed by atoms with E-state index < -0.39 is 5.97 Å². The van der Waals surface area contributed by atoms with Crippen LogP contribution in [0.2, 0.25) is 0 Å². The molecule has 186 valence electrons. The first kappa shape index (κ1) is 24.5. The lowest BCUT2D eigenvalue weighted by molar-refractivity contribution is -0.119. The standard InChI is InChI=1S/C26H32N4O5/c1-5-30-23(26(32)34-4)22(29-25(31)18-10-11-35-15-18)20-13-19(14-27-24(20)30)28-16(2)12-17-8-6-7-9-21(17)33-3/h6-9,13-14,16,18,28H,5,10-12,15H2,1-4H3,(H,29,31)/t16-,18-/m1/s1. The zero-order chi connectivity index (χ0) is 24.9. The summed E-state index contributed by atoms with van der Waals surface area (Å²) < 4.78 is 17.7. The molecule has 0 unspecified atom stereocenters. The van der Waals surface area contributed by atoms with Crippen molar-refractivity contribution >= 4 is 34.3 Å². The van der Waals surface area contributed by atoms with Crippen LogP contribution in [0.15, 0.2) is 36.5 Å². The fourth-order valence-corrected chi connectivity index (χ4v) is 4.55. The van der Waals surface area contributed by atoms with E-state index in [-0.39, 0.29) is 23.6 Å². The third kappa shape index (κ3) is 5.09. The van der Waals surface area contributed by atoms with E-state index in [1.807, 2.05) is 37.3 Å². The number of aromatic nitrogens is 2. The van der Waals surface area contributed by atoms with Gasteiger partial charge in [0.1, 0.15) is 11.4 Å². The van der Waals surface area contributed by atoms with E-state index in [1.54, 1.807) is 17.9 Å². The number of nitrogens with zero attached hydrogens (tertiary/aromatic N) is 2. The van der Waals surface area contributed by atoms with Gasteiger partial charge in [-0.15, -0.1) is 0 Å². The molecule has 1 aromatic carbocycles. The highest BCUT2D eigenvalue weighted by atomic mass is 16.5. The van der Waals surface area contributed by atoms with Gasteiger partial charge in [-0.2, -0.15) is 0 Å². The van der Waals surface area contributed by atoms with Crippen molar-refractivity contribution in [1.29, 1.82) is 0 Å². The summed E-state index contributed by atoms with van der Waals surface area (Å²) >= 11 is 0. The number of methoxy groups -OCH3 is 2. The van der Waals surface area contributed by atoms with E-state index in [0.717, 1.165) is 23.4 Å². The third-order valence-electron chi connectivity index (χ3n) is 6.27. The van der Waals surface area contributed by atoms with Crippen molar-refractivity contribution in [2.75, 3.05) is 38.1 Å². The minimum atomic E-state index is -0.526. The Morgan fingerprint density at radius 2 is 2.09 bits per heavy atom. The van der Waals surface area contributed by atoms with Gasteiger partial charge in [0.05, 0.1) is 44.3 Å². The number of aryl methyl sites for hydroxylation is 1. The Morgan fingerprint density at radius 1 is 1.29 bits per heavy atom. The number of fused-ring (bicyclic) bond motifs is 1. The van der Waals surface area contributed by atoms with Gasteiger partial charge in [0.15, 0.2) is 5.69 Å². The minimum absolute atomic E-state index is 0.0765. The number of nitrogens with one attached hydrogen (secondary N) is 2. The summed E-state index contributed by atoms with van der Waals surface area (Å²) in [6.45, 7) is 5.42. The summed E-state index contributed by atoms with van der Waals surface area (Å²) in [4.78, 5) is 30.3. The van der Waals surface area contributed by atoms with E-state index in [1.165, 1.54) is 7.11 Å². The summed E-state index contributed by atoms with van der Waals surface area (Å²) in [5, 5.41) is 7.13. The number of rotatable bonds is 9. The molecule has 1 amide bonds. The number of carbonyl (C=O) groups excluding carboxylic acids is 2. The molecule has 3 aromatic rings. The van der Waals surface area contributed by atoms with Crippen molar-refractivity contribution in [2.45, 2.75) is 39.3 Å². The maximum Gasteiger partial charge on any atom is 0.356 e. The molecule has 2 aromatic heterocycles. The van der Waals surface area contributed by atoms with Crippen LogP contribution in [0, 0.1) is 5.92 Å². The highest BCUT2D eigenvalue weighted by Crippen LogP contribution is 2.33. The van der Waals surface area contributed by atoms with Crippen LogP contribution in [-0.4, -0.2) is 54.9 Å². The van der Waals surface area contributed by atoms with Crippen LogP contribution in [-0.2, 0) is 27.2 Å². The Kier molecular flexibility index (Phi) is 7.55. The van der Waals surface area contributed by atoms with Crippen LogP contribution < -0.4 is 15.4 Å². The molecule has 2 N–H and O–H groups in total. The number of para-hydroxylation sites is 1. The molecule has 35 heavy (non-hydrogen) atoms. The van der Waals surface area contributed by atoms with Crippen molar-refractivity contribution in [2.24, 2.45) is 5.92 Å². The van der Waals surface area contributed by atoms with Crippen LogP contribution in [0.4, 0.5) is 11.4 Å². The highest BCUT2D eigenvalue weighted by Gasteiger charge is 2.29.